The van der Waals surface area contributed by atoms with Gasteiger partial charge in [0.25, 0.3) is 5.91 Å². The molecule has 0 saturated heterocycles. The third kappa shape index (κ3) is 4.80. The van der Waals surface area contributed by atoms with Crippen molar-refractivity contribution >= 4 is 5.91 Å². The monoisotopic (exact) mass is 290 g/mol. The van der Waals surface area contributed by atoms with Gasteiger partial charge in [0, 0.05) is 19.3 Å². The summed E-state index contributed by atoms with van der Waals surface area (Å²) in [5.74, 6) is -0.325. The molecule has 1 aromatic heterocycles. The van der Waals surface area contributed by atoms with Crippen molar-refractivity contribution in [2.75, 3.05) is 13.2 Å². The van der Waals surface area contributed by atoms with Crippen molar-refractivity contribution in [1.29, 1.82) is 0 Å². The fraction of sp³-hybridized carbons (Fsp3) is 0.538. The first-order valence-electron chi connectivity index (χ1n) is 6.30. The van der Waals surface area contributed by atoms with E-state index < -0.39 is 17.8 Å². The summed E-state index contributed by atoms with van der Waals surface area (Å²) >= 11 is 0. The van der Waals surface area contributed by atoms with E-state index in [0.29, 0.717) is 13.0 Å². The molecule has 0 fully saturated rings. The van der Waals surface area contributed by atoms with Gasteiger partial charge in [-0.1, -0.05) is 13.3 Å². The maximum atomic E-state index is 12.3. The molecule has 7 heteroatoms. The second kappa shape index (κ2) is 7.23. The number of hydrogen-bond donors (Lipinski definition) is 2. The molecule has 1 rings (SSSR count). The molecule has 0 radical (unpaired) electrons. The highest BCUT2D eigenvalue weighted by Crippen LogP contribution is 2.27. The van der Waals surface area contributed by atoms with Gasteiger partial charge >= 0.3 is 6.18 Å². The van der Waals surface area contributed by atoms with Crippen molar-refractivity contribution in [1.82, 2.24) is 10.3 Å². The molecule has 1 atom stereocenters. The van der Waals surface area contributed by atoms with Crippen molar-refractivity contribution in [3.05, 3.63) is 29.6 Å². The summed E-state index contributed by atoms with van der Waals surface area (Å²) in [6, 6.07) is 1.87. The summed E-state index contributed by atoms with van der Waals surface area (Å²) in [6.07, 6.45) is -2.23. The minimum Gasteiger partial charge on any atom is -0.396 e. The van der Waals surface area contributed by atoms with E-state index in [0.717, 1.165) is 24.8 Å². The van der Waals surface area contributed by atoms with Gasteiger partial charge in [-0.3, -0.25) is 9.78 Å². The van der Waals surface area contributed by atoms with Crippen LogP contribution in [0.3, 0.4) is 0 Å². The van der Waals surface area contributed by atoms with Crippen molar-refractivity contribution in [2.24, 2.45) is 5.92 Å². The first-order chi connectivity index (χ1) is 9.38. The van der Waals surface area contributed by atoms with Crippen LogP contribution in [0.2, 0.25) is 0 Å². The van der Waals surface area contributed by atoms with E-state index in [2.05, 4.69) is 10.3 Å². The van der Waals surface area contributed by atoms with Crippen LogP contribution in [0.15, 0.2) is 18.3 Å². The largest absolute Gasteiger partial charge is 0.433 e. The molecule has 1 unspecified atom stereocenters. The number of rotatable bonds is 6. The van der Waals surface area contributed by atoms with Crippen molar-refractivity contribution in [3.63, 3.8) is 0 Å². The first-order valence-corrected chi connectivity index (χ1v) is 6.30. The van der Waals surface area contributed by atoms with E-state index in [1.807, 2.05) is 6.92 Å². The molecule has 4 nitrogen and oxygen atoms in total. The van der Waals surface area contributed by atoms with Gasteiger partial charge in [-0.15, -0.1) is 0 Å². The van der Waals surface area contributed by atoms with Gasteiger partial charge in [0.05, 0.1) is 5.56 Å². The highest BCUT2D eigenvalue weighted by Gasteiger charge is 2.32. The van der Waals surface area contributed by atoms with E-state index >= 15 is 0 Å². The number of aromatic nitrogens is 1. The Morgan fingerprint density at radius 1 is 1.45 bits per heavy atom. The van der Waals surface area contributed by atoms with Crippen LogP contribution in [0, 0.1) is 5.92 Å². The van der Waals surface area contributed by atoms with Crippen LogP contribution in [-0.2, 0) is 6.18 Å². The molecule has 0 saturated carbocycles. The number of halogens is 3. The molecular weight excluding hydrogens is 273 g/mol. The lowest BCUT2D eigenvalue weighted by Crippen LogP contribution is -2.29. The minimum atomic E-state index is -4.51. The average molecular weight is 290 g/mol. The highest BCUT2D eigenvalue weighted by molar-refractivity contribution is 5.93. The van der Waals surface area contributed by atoms with E-state index in [-0.39, 0.29) is 18.1 Å². The Hall–Kier alpha value is -1.63. The number of nitrogens with one attached hydrogen (secondary N) is 1. The molecule has 2 N–H and O–H groups in total. The Morgan fingerprint density at radius 3 is 2.60 bits per heavy atom. The summed E-state index contributed by atoms with van der Waals surface area (Å²) in [6.45, 7) is 2.35. The molecule has 0 aliphatic heterocycles. The van der Waals surface area contributed by atoms with Crippen LogP contribution in [0.5, 0.6) is 0 Å². The predicted molar refractivity (Wildman–Crippen MR) is 67.1 cm³/mol. The number of aliphatic hydroxyl groups excluding tert-OH is 1. The number of amides is 1. The molecule has 1 aromatic rings. The summed E-state index contributed by atoms with van der Waals surface area (Å²) in [4.78, 5) is 15.0. The maximum Gasteiger partial charge on any atom is 0.433 e. The number of aliphatic hydroxyl groups is 1. The van der Waals surface area contributed by atoms with Crippen molar-refractivity contribution in [3.8, 4) is 0 Å². The van der Waals surface area contributed by atoms with E-state index in [4.69, 9.17) is 5.11 Å². The average Bonchev–Trinajstić information content (AvgIpc) is 2.42. The standard InChI is InChI=1S/C13H17F3N2O2/c1-2-9(5-6-19)7-18-12(20)10-3-4-11(17-8-10)13(14,15)16/h3-4,8-9,19H,2,5-7H2,1H3,(H,18,20). The summed E-state index contributed by atoms with van der Waals surface area (Å²) < 4.78 is 37.0. The number of hydrogen-bond acceptors (Lipinski definition) is 3. The summed E-state index contributed by atoms with van der Waals surface area (Å²) in [5.41, 5.74) is -0.947. The van der Waals surface area contributed by atoms with Crippen LogP contribution in [-0.4, -0.2) is 29.1 Å². The third-order valence-electron chi connectivity index (χ3n) is 2.98. The Balaban J connectivity index is 2.60. The molecule has 0 aromatic carbocycles. The van der Waals surface area contributed by atoms with E-state index in [9.17, 15) is 18.0 Å². The van der Waals surface area contributed by atoms with Crippen LogP contribution >= 0.6 is 0 Å². The number of carbonyl (C=O) groups is 1. The van der Waals surface area contributed by atoms with Gasteiger partial charge < -0.3 is 10.4 Å². The van der Waals surface area contributed by atoms with Gasteiger partial charge in [-0.05, 0) is 24.5 Å². The van der Waals surface area contributed by atoms with E-state index in [1.165, 1.54) is 0 Å². The van der Waals surface area contributed by atoms with Gasteiger partial charge in [-0.25, -0.2) is 0 Å². The zero-order valence-corrected chi connectivity index (χ0v) is 11.1. The topological polar surface area (TPSA) is 62.2 Å². The van der Waals surface area contributed by atoms with Gasteiger partial charge in [-0.2, -0.15) is 13.2 Å². The highest BCUT2D eigenvalue weighted by atomic mass is 19.4. The predicted octanol–water partition coefficient (Wildman–Crippen LogP) is 2.24. The Morgan fingerprint density at radius 2 is 2.15 bits per heavy atom. The van der Waals surface area contributed by atoms with Gasteiger partial charge in [0.2, 0.25) is 0 Å². The lowest BCUT2D eigenvalue weighted by Gasteiger charge is -2.14. The summed E-state index contributed by atoms with van der Waals surface area (Å²) in [7, 11) is 0. The molecule has 0 spiro atoms. The van der Waals surface area contributed by atoms with Crippen molar-refractivity contribution in [2.45, 2.75) is 25.9 Å². The summed E-state index contributed by atoms with van der Waals surface area (Å²) in [5, 5.41) is 11.4. The molecular formula is C13H17F3N2O2. The van der Waals surface area contributed by atoms with Crippen molar-refractivity contribution < 1.29 is 23.1 Å². The molecule has 1 heterocycles. The molecule has 0 aliphatic carbocycles. The second-order valence-corrected chi connectivity index (χ2v) is 4.43. The quantitative estimate of drug-likeness (QED) is 0.844. The molecule has 0 aliphatic rings. The Labute approximate surface area is 115 Å². The Bertz CT molecular complexity index is 432. The number of nitrogens with zero attached hydrogens (tertiary/aromatic N) is 1. The zero-order valence-electron chi connectivity index (χ0n) is 11.1. The lowest BCUT2D eigenvalue weighted by atomic mass is 10.0. The van der Waals surface area contributed by atoms with Crippen LogP contribution in [0.25, 0.3) is 0 Å². The van der Waals surface area contributed by atoms with Crippen LogP contribution in [0.4, 0.5) is 13.2 Å². The third-order valence-corrected chi connectivity index (χ3v) is 2.98. The number of alkyl halides is 3. The van der Waals surface area contributed by atoms with Crippen LogP contribution < -0.4 is 5.32 Å². The second-order valence-electron chi connectivity index (χ2n) is 4.43. The maximum absolute atomic E-state index is 12.3. The number of pyridine rings is 1. The number of carbonyl (C=O) groups excluding carboxylic acids is 1. The fourth-order valence-corrected chi connectivity index (χ4v) is 1.67. The molecule has 1 amide bonds. The smallest absolute Gasteiger partial charge is 0.396 e. The zero-order chi connectivity index (χ0) is 15.2. The van der Waals surface area contributed by atoms with E-state index in [1.54, 1.807) is 0 Å². The molecule has 112 valence electrons. The van der Waals surface area contributed by atoms with Crippen LogP contribution in [0.1, 0.15) is 35.8 Å². The first kappa shape index (κ1) is 16.4. The van der Waals surface area contributed by atoms with Gasteiger partial charge in [0.1, 0.15) is 5.69 Å². The molecule has 20 heavy (non-hydrogen) atoms. The van der Waals surface area contributed by atoms with Gasteiger partial charge in [0.15, 0.2) is 0 Å². The SMILES string of the molecule is CCC(CCO)CNC(=O)c1ccc(C(F)(F)F)nc1. The minimum absolute atomic E-state index is 0.0379. The fourth-order valence-electron chi connectivity index (χ4n) is 1.67. The normalized spacial score (nSPS) is 13.1. The Kier molecular flexibility index (Phi) is 5.94. The lowest BCUT2D eigenvalue weighted by molar-refractivity contribution is -0.141. The molecule has 0 bridgehead atoms.